The van der Waals surface area contributed by atoms with Gasteiger partial charge in [-0.25, -0.2) is 9.59 Å². The molecule has 0 N–H and O–H groups in total. The van der Waals surface area contributed by atoms with E-state index in [4.69, 9.17) is 9.57 Å². The molecule has 2 aliphatic heterocycles. The van der Waals surface area contributed by atoms with Crippen LogP contribution in [0.25, 0.3) is 0 Å². The zero-order valence-corrected chi connectivity index (χ0v) is 17.0. The Hall–Kier alpha value is -2.90. The molecular formula is C21H26N2O6. The number of rotatable bonds is 4. The molecule has 1 saturated heterocycles. The third-order valence-electron chi connectivity index (χ3n) is 4.97. The summed E-state index contributed by atoms with van der Waals surface area (Å²) in [5.41, 5.74) is -0.0541. The minimum Gasteiger partial charge on any atom is -0.444 e. The lowest BCUT2D eigenvalue weighted by atomic mass is 9.92. The van der Waals surface area contributed by atoms with E-state index in [1.807, 2.05) is 20.8 Å². The molecule has 1 aromatic carbocycles. The van der Waals surface area contributed by atoms with E-state index in [0.717, 1.165) is 12.8 Å². The number of amides is 3. The first-order chi connectivity index (χ1) is 13.7. The van der Waals surface area contributed by atoms with Crippen molar-refractivity contribution in [1.82, 2.24) is 9.96 Å². The average molecular weight is 402 g/mol. The third-order valence-corrected chi connectivity index (χ3v) is 4.97. The summed E-state index contributed by atoms with van der Waals surface area (Å²) in [6.45, 7) is 6.65. The highest BCUT2D eigenvalue weighted by Gasteiger charge is 2.38. The van der Waals surface area contributed by atoms with Gasteiger partial charge >= 0.3 is 12.1 Å². The predicted molar refractivity (Wildman–Crippen MR) is 103 cm³/mol. The van der Waals surface area contributed by atoms with Crippen molar-refractivity contribution in [2.75, 3.05) is 13.1 Å². The second kappa shape index (κ2) is 8.23. The van der Waals surface area contributed by atoms with Gasteiger partial charge in [0.15, 0.2) is 0 Å². The number of hydrogen-bond donors (Lipinski definition) is 0. The highest BCUT2D eigenvalue weighted by Crippen LogP contribution is 2.25. The molecule has 2 aliphatic rings. The summed E-state index contributed by atoms with van der Waals surface area (Å²) in [6, 6.07) is 6.36. The summed E-state index contributed by atoms with van der Waals surface area (Å²) in [6.07, 6.45) is 1.88. The Kier molecular flexibility index (Phi) is 5.91. The van der Waals surface area contributed by atoms with Gasteiger partial charge in [-0.3, -0.25) is 9.59 Å². The molecule has 0 spiro atoms. The molecule has 1 aromatic rings. The summed E-state index contributed by atoms with van der Waals surface area (Å²) in [7, 11) is 0. The molecular weight excluding hydrogens is 376 g/mol. The molecule has 0 unspecified atom stereocenters. The number of carbonyl (C=O) groups is 4. The van der Waals surface area contributed by atoms with Gasteiger partial charge in [-0.05, 0) is 58.1 Å². The van der Waals surface area contributed by atoms with Crippen LogP contribution in [0.4, 0.5) is 4.79 Å². The molecule has 8 heteroatoms. The standard InChI is InChI=1S/C21H26N2O6/c1-21(2,3)28-20(27)22-12-10-14(11-13-22)8-9-17(24)29-23-18(25)15-6-4-5-7-16(15)19(23)26/h4-7,14H,8-13H2,1-3H3. The Morgan fingerprint density at radius 2 is 1.59 bits per heavy atom. The van der Waals surface area contributed by atoms with Crippen LogP contribution in [0, 0.1) is 5.92 Å². The van der Waals surface area contributed by atoms with Crippen LogP contribution in [0.2, 0.25) is 0 Å². The van der Waals surface area contributed by atoms with Gasteiger partial charge in [0.2, 0.25) is 0 Å². The van der Waals surface area contributed by atoms with Crippen molar-refractivity contribution in [3.63, 3.8) is 0 Å². The lowest BCUT2D eigenvalue weighted by molar-refractivity contribution is -0.168. The van der Waals surface area contributed by atoms with Gasteiger partial charge in [0.1, 0.15) is 5.60 Å². The quantitative estimate of drug-likeness (QED) is 0.718. The molecule has 0 atom stereocenters. The molecule has 0 bridgehead atoms. The molecule has 1 fully saturated rings. The van der Waals surface area contributed by atoms with E-state index in [0.29, 0.717) is 24.6 Å². The minimum atomic E-state index is -0.621. The van der Waals surface area contributed by atoms with Crippen molar-refractivity contribution < 1.29 is 28.8 Å². The van der Waals surface area contributed by atoms with E-state index < -0.39 is 23.4 Å². The van der Waals surface area contributed by atoms with E-state index in [-0.39, 0.29) is 29.6 Å². The van der Waals surface area contributed by atoms with Crippen molar-refractivity contribution in [2.24, 2.45) is 5.92 Å². The van der Waals surface area contributed by atoms with Gasteiger partial charge in [0.05, 0.1) is 11.1 Å². The maximum Gasteiger partial charge on any atom is 0.410 e. The molecule has 3 amide bonds. The van der Waals surface area contributed by atoms with Gasteiger partial charge < -0.3 is 14.5 Å². The summed E-state index contributed by atoms with van der Waals surface area (Å²) in [5, 5.41) is 0.540. The van der Waals surface area contributed by atoms with Crippen molar-refractivity contribution in [3.05, 3.63) is 35.4 Å². The topological polar surface area (TPSA) is 93.2 Å². The number of benzene rings is 1. The highest BCUT2D eigenvalue weighted by atomic mass is 16.7. The number of piperidine rings is 1. The first-order valence-corrected chi connectivity index (χ1v) is 9.82. The Morgan fingerprint density at radius 3 is 2.10 bits per heavy atom. The first kappa shape index (κ1) is 20.8. The summed E-state index contributed by atoms with van der Waals surface area (Å²) in [4.78, 5) is 55.4. The average Bonchev–Trinajstić information content (AvgIpc) is 2.91. The Bertz CT molecular complexity index is 786. The number of imide groups is 1. The van der Waals surface area contributed by atoms with E-state index >= 15 is 0 Å². The summed E-state index contributed by atoms with van der Waals surface area (Å²) < 4.78 is 5.38. The van der Waals surface area contributed by atoms with Gasteiger partial charge in [-0.2, -0.15) is 0 Å². The molecule has 3 rings (SSSR count). The maximum absolute atomic E-state index is 12.2. The van der Waals surface area contributed by atoms with Crippen molar-refractivity contribution in [2.45, 2.75) is 52.1 Å². The van der Waals surface area contributed by atoms with Crippen molar-refractivity contribution in [1.29, 1.82) is 0 Å². The van der Waals surface area contributed by atoms with E-state index in [2.05, 4.69) is 0 Å². The second-order valence-corrected chi connectivity index (χ2v) is 8.36. The number of hydrogen-bond acceptors (Lipinski definition) is 6. The number of hydroxylamine groups is 2. The highest BCUT2D eigenvalue weighted by molar-refractivity contribution is 6.20. The first-order valence-electron chi connectivity index (χ1n) is 9.82. The third kappa shape index (κ3) is 4.93. The van der Waals surface area contributed by atoms with E-state index in [9.17, 15) is 19.2 Å². The molecule has 0 aromatic heterocycles. The molecule has 156 valence electrons. The Labute approximate surface area is 169 Å². The van der Waals surface area contributed by atoms with E-state index in [1.54, 1.807) is 17.0 Å². The van der Waals surface area contributed by atoms with Crippen LogP contribution >= 0.6 is 0 Å². The monoisotopic (exact) mass is 402 g/mol. The lowest BCUT2D eigenvalue weighted by Crippen LogP contribution is -2.41. The molecule has 29 heavy (non-hydrogen) atoms. The lowest BCUT2D eigenvalue weighted by Gasteiger charge is -2.33. The van der Waals surface area contributed by atoms with Gasteiger partial charge in [0.25, 0.3) is 11.8 Å². The fourth-order valence-electron chi connectivity index (χ4n) is 3.45. The molecule has 2 heterocycles. The van der Waals surface area contributed by atoms with Crippen LogP contribution in [0.5, 0.6) is 0 Å². The van der Waals surface area contributed by atoms with Gasteiger partial charge in [-0.15, -0.1) is 0 Å². The van der Waals surface area contributed by atoms with Crippen molar-refractivity contribution in [3.8, 4) is 0 Å². The number of fused-ring (bicyclic) bond motifs is 1. The number of nitrogens with zero attached hydrogens (tertiary/aromatic N) is 2. The minimum absolute atomic E-state index is 0.102. The van der Waals surface area contributed by atoms with Gasteiger partial charge in [0, 0.05) is 19.5 Å². The zero-order valence-electron chi connectivity index (χ0n) is 17.0. The second-order valence-electron chi connectivity index (χ2n) is 8.36. The Morgan fingerprint density at radius 1 is 1.03 bits per heavy atom. The Balaban J connectivity index is 1.43. The smallest absolute Gasteiger partial charge is 0.410 e. The molecule has 8 nitrogen and oxygen atoms in total. The largest absolute Gasteiger partial charge is 0.444 e. The van der Waals surface area contributed by atoms with Crippen molar-refractivity contribution >= 4 is 23.9 Å². The van der Waals surface area contributed by atoms with Crippen LogP contribution in [0.3, 0.4) is 0 Å². The van der Waals surface area contributed by atoms with Crippen LogP contribution < -0.4 is 0 Å². The predicted octanol–water partition coefficient (Wildman–Crippen LogP) is 3.17. The van der Waals surface area contributed by atoms with Crippen LogP contribution in [-0.4, -0.2) is 52.5 Å². The van der Waals surface area contributed by atoms with E-state index in [1.165, 1.54) is 12.1 Å². The van der Waals surface area contributed by atoms with Gasteiger partial charge in [-0.1, -0.05) is 17.2 Å². The van der Waals surface area contributed by atoms with Crippen LogP contribution in [-0.2, 0) is 14.4 Å². The normalized spacial score (nSPS) is 17.3. The maximum atomic E-state index is 12.2. The summed E-state index contributed by atoms with van der Waals surface area (Å²) >= 11 is 0. The summed E-state index contributed by atoms with van der Waals surface area (Å²) in [5.74, 6) is -1.59. The van der Waals surface area contributed by atoms with Crippen LogP contribution in [0.15, 0.2) is 24.3 Å². The number of likely N-dealkylation sites (tertiary alicyclic amines) is 1. The fraction of sp³-hybridized carbons (Fsp3) is 0.524. The number of ether oxygens (including phenoxy) is 1. The zero-order chi connectivity index (χ0) is 21.2. The SMILES string of the molecule is CC(C)(C)OC(=O)N1CCC(CCC(=O)ON2C(=O)c3ccccc3C2=O)CC1. The number of carbonyl (C=O) groups excluding carboxylic acids is 4. The molecule has 0 aliphatic carbocycles. The fourth-order valence-corrected chi connectivity index (χ4v) is 3.45. The molecule has 0 radical (unpaired) electrons. The molecule has 0 saturated carbocycles. The van der Waals surface area contributed by atoms with Crippen LogP contribution in [0.1, 0.15) is 67.2 Å².